The van der Waals surface area contributed by atoms with Crippen LogP contribution in [0.4, 0.5) is 0 Å². The number of halogens is 1. The number of methoxy groups -OCH3 is 1. The summed E-state index contributed by atoms with van der Waals surface area (Å²) in [5.41, 5.74) is 1.10. The van der Waals surface area contributed by atoms with Gasteiger partial charge in [0.15, 0.2) is 0 Å². The number of ether oxygens (including phenoxy) is 1. The van der Waals surface area contributed by atoms with E-state index in [0.29, 0.717) is 6.04 Å². The van der Waals surface area contributed by atoms with Gasteiger partial charge in [-0.1, -0.05) is 6.92 Å². The molecule has 0 aromatic carbocycles. The molecule has 1 unspecified atom stereocenters. The smallest absolute Gasteiger partial charge is 0.0574 e. The number of aromatic nitrogens is 1. The van der Waals surface area contributed by atoms with E-state index in [-0.39, 0.29) is 0 Å². The van der Waals surface area contributed by atoms with Gasteiger partial charge in [-0.05, 0) is 47.4 Å². The Hall–Kier alpha value is -0.450. The van der Waals surface area contributed by atoms with E-state index in [9.17, 15) is 0 Å². The zero-order valence-electron chi connectivity index (χ0n) is 9.87. The Balaban J connectivity index is 2.57. The van der Waals surface area contributed by atoms with Crippen LogP contribution in [0.3, 0.4) is 0 Å². The van der Waals surface area contributed by atoms with Crippen LogP contribution >= 0.6 is 15.9 Å². The Morgan fingerprint density at radius 3 is 2.88 bits per heavy atom. The quantitative estimate of drug-likeness (QED) is 0.783. The van der Waals surface area contributed by atoms with E-state index in [4.69, 9.17) is 4.74 Å². The van der Waals surface area contributed by atoms with Gasteiger partial charge in [-0.3, -0.25) is 4.98 Å². The molecule has 0 saturated carbocycles. The molecule has 0 aliphatic carbocycles. The van der Waals surface area contributed by atoms with Crippen LogP contribution < -0.4 is 5.32 Å². The Morgan fingerprint density at radius 1 is 1.50 bits per heavy atom. The molecule has 3 nitrogen and oxygen atoms in total. The molecule has 1 N–H and O–H groups in total. The Labute approximate surface area is 106 Å². The van der Waals surface area contributed by atoms with Crippen molar-refractivity contribution < 1.29 is 4.74 Å². The highest BCUT2D eigenvalue weighted by Gasteiger charge is 2.10. The Kier molecular flexibility index (Phi) is 6.61. The van der Waals surface area contributed by atoms with E-state index in [1.54, 1.807) is 7.11 Å². The predicted molar refractivity (Wildman–Crippen MR) is 69.5 cm³/mol. The third-order valence-electron chi connectivity index (χ3n) is 2.40. The lowest BCUT2D eigenvalue weighted by atomic mass is 10.1. The van der Waals surface area contributed by atoms with E-state index < -0.39 is 0 Å². The molecule has 0 radical (unpaired) electrons. The van der Waals surface area contributed by atoms with Crippen molar-refractivity contribution in [2.75, 3.05) is 20.3 Å². The molecular formula is C12H19BrN2O. The van der Waals surface area contributed by atoms with Crippen LogP contribution in [0.1, 0.15) is 31.5 Å². The van der Waals surface area contributed by atoms with Crippen molar-refractivity contribution in [2.24, 2.45) is 0 Å². The van der Waals surface area contributed by atoms with Crippen LogP contribution in [0.15, 0.2) is 22.8 Å². The molecule has 1 atom stereocenters. The summed E-state index contributed by atoms with van der Waals surface area (Å²) in [7, 11) is 1.74. The number of hydrogen-bond donors (Lipinski definition) is 1. The summed E-state index contributed by atoms with van der Waals surface area (Å²) in [4.78, 5) is 4.43. The van der Waals surface area contributed by atoms with Crippen molar-refractivity contribution in [1.82, 2.24) is 10.3 Å². The van der Waals surface area contributed by atoms with Gasteiger partial charge in [-0.25, -0.2) is 0 Å². The van der Waals surface area contributed by atoms with Crippen molar-refractivity contribution in [2.45, 2.75) is 25.8 Å². The molecule has 1 rings (SSSR count). The van der Waals surface area contributed by atoms with E-state index in [1.807, 2.05) is 12.3 Å². The Morgan fingerprint density at radius 2 is 2.31 bits per heavy atom. The third-order valence-corrected chi connectivity index (χ3v) is 2.87. The first kappa shape index (κ1) is 13.6. The minimum atomic E-state index is 0.327. The largest absolute Gasteiger partial charge is 0.385 e. The van der Waals surface area contributed by atoms with Crippen molar-refractivity contribution >= 4 is 15.9 Å². The van der Waals surface area contributed by atoms with Crippen molar-refractivity contribution in [1.29, 1.82) is 0 Å². The van der Waals surface area contributed by atoms with E-state index in [1.165, 1.54) is 0 Å². The first-order valence-corrected chi connectivity index (χ1v) is 6.41. The van der Waals surface area contributed by atoms with Gasteiger partial charge in [0.2, 0.25) is 0 Å². The van der Waals surface area contributed by atoms with Crippen molar-refractivity contribution in [3.05, 3.63) is 28.5 Å². The van der Waals surface area contributed by atoms with Crippen LogP contribution in [-0.2, 0) is 4.74 Å². The number of hydrogen-bond acceptors (Lipinski definition) is 3. The normalized spacial score (nSPS) is 12.7. The average Bonchev–Trinajstić information content (AvgIpc) is 2.29. The predicted octanol–water partition coefficient (Wildman–Crippen LogP) is 2.92. The lowest BCUT2D eigenvalue weighted by Gasteiger charge is -2.17. The van der Waals surface area contributed by atoms with Gasteiger partial charge < -0.3 is 10.1 Å². The molecule has 0 fully saturated rings. The van der Waals surface area contributed by atoms with Crippen LogP contribution in [0.5, 0.6) is 0 Å². The highest BCUT2D eigenvalue weighted by molar-refractivity contribution is 9.10. The summed E-state index contributed by atoms with van der Waals surface area (Å²) in [6.07, 6.45) is 3.94. The zero-order valence-corrected chi connectivity index (χ0v) is 11.5. The highest BCUT2D eigenvalue weighted by Crippen LogP contribution is 2.18. The lowest BCUT2D eigenvalue weighted by molar-refractivity contribution is 0.188. The van der Waals surface area contributed by atoms with E-state index in [2.05, 4.69) is 39.2 Å². The van der Waals surface area contributed by atoms with Gasteiger partial charge in [0.25, 0.3) is 0 Å². The zero-order chi connectivity index (χ0) is 11.8. The minimum absolute atomic E-state index is 0.327. The van der Waals surface area contributed by atoms with Gasteiger partial charge in [0.1, 0.15) is 0 Å². The second-order valence-electron chi connectivity index (χ2n) is 3.65. The second-order valence-corrected chi connectivity index (χ2v) is 4.56. The van der Waals surface area contributed by atoms with Crippen molar-refractivity contribution in [3.8, 4) is 0 Å². The summed E-state index contributed by atoms with van der Waals surface area (Å²) < 4.78 is 6.09. The standard InChI is InChI=1S/C12H19BrN2O/c1-3-14-11(5-4-8-16-2)12-7-6-10(13)9-15-12/h6-7,9,11,14H,3-5,8H2,1-2H3. The topological polar surface area (TPSA) is 34.1 Å². The molecule has 0 spiro atoms. The molecule has 90 valence electrons. The number of nitrogens with one attached hydrogen (secondary N) is 1. The third kappa shape index (κ3) is 4.60. The fourth-order valence-electron chi connectivity index (χ4n) is 1.63. The summed E-state index contributed by atoms with van der Waals surface area (Å²) >= 11 is 3.39. The SMILES string of the molecule is CCNC(CCCOC)c1ccc(Br)cn1. The molecule has 1 aromatic rings. The molecule has 1 aromatic heterocycles. The lowest BCUT2D eigenvalue weighted by Crippen LogP contribution is -2.22. The summed E-state index contributed by atoms with van der Waals surface area (Å²) in [6.45, 7) is 3.87. The maximum Gasteiger partial charge on any atom is 0.0574 e. The fourth-order valence-corrected chi connectivity index (χ4v) is 1.86. The van der Waals surface area contributed by atoms with Crippen LogP contribution in [-0.4, -0.2) is 25.2 Å². The molecule has 16 heavy (non-hydrogen) atoms. The fraction of sp³-hybridized carbons (Fsp3) is 0.583. The molecule has 0 bridgehead atoms. The average molecular weight is 287 g/mol. The number of nitrogens with zero attached hydrogens (tertiary/aromatic N) is 1. The maximum atomic E-state index is 5.07. The summed E-state index contributed by atoms with van der Waals surface area (Å²) in [5, 5.41) is 3.44. The summed E-state index contributed by atoms with van der Waals surface area (Å²) in [5.74, 6) is 0. The molecule has 0 saturated heterocycles. The molecule has 0 aliphatic heterocycles. The number of rotatable bonds is 7. The molecular weight excluding hydrogens is 268 g/mol. The first-order chi connectivity index (χ1) is 7.77. The molecule has 0 amide bonds. The first-order valence-electron chi connectivity index (χ1n) is 5.61. The van der Waals surface area contributed by atoms with Gasteiger partial charge in [0.05, 0.1) is 5.69 Å². The van der Waals surface area contributed by atoms with Crippen LogP contribution in [0.25, 0.3) is 0 Å². The minimum Gasteiger partial charge on any atom is -0.385 e. The molecule has 4 heteroatoms. The second kappa shape index (κ2) is 7.76. The molecule has 1 heterocycles. The maximum absolute atomic E-state index is 5.07. The summed E-state index contributed by atoms with van der Waals surface area (Å²) in [6, 6.07) is 4.42. The van der Waals surface area contributed by atoms with E-state index in [0.717, 1.165) is 36.2 Å². The van der Waals surface area contributed by atoms with Crippen LogP contribution in [0.2, 0.25) is 0 Å². The monoisotopic (exact) mass is 286 g/mol. The van der Waals surface area contributed by atoms with Crippen molar-refractivity contribution in [3.63, 3.8) is 0 Å². The van der Waals surface area contributed by atoms with Gasteiger partial charge in [0, 0.05) is 30.4 Å². The highest BCUT2D eigenvalue weighted by atomic mass is 79.9. The van der Waals surface area contributed by atoms with Crippen LogP contribution in [0, 0.1) is 0 Å². The van der Waals surface area contributed by atoms with Gasteiger partial charge in [-0.15, -0.1) is 0 Å². The van der Waals surface area contributed by atoms with Gasteiger partial charge in [-0.2, -0.15) is 0 Å². The van der Waals surface area contributed by atoms with Gasteiger partial charge >= 0.3 is 0 Å². The molecule has 0 aliphatic rings. The van der Waals surface area contributed by atoms with E-state index >= 15 is 0 Å². The Bertz CT molecular complexity index is 290. The number of pyridine rings is 1.